The van der Waals surface area contributed by atoms with Gasteiger partial charge in [-0.1, -0.05) is 115 Å². The molecule has 14 aromatic rings. The van der Waals surface area contributed by atoms with Crippen molar-refractivity contribution in [1.82, 2.24) is 18.3 Å². The lowest BCUT2D eigenvalue weighted by Crippen LogP contribution is -2.04. The topological polar surface area (TPSA) is 28.9 Å². The largest absolute Gasteiger partial charge is 0.453 e. The molecule has 0 saturated carbocycles. The molecule has 0 spiro atoms. The third kappa shape index (κ3) is 4.76. The minimum Gasteiger partial charge on any atom is -0.453 e. The monoisotopic (exact) mass is 828 g/mol. The summed E-state index contributed by atoms with van der Waals surface area (Å²) in [5, 5.41) is 9.82. The Morgan fingerprint density at radius 2 is 0.646 bits per heavy atom. The molecule has 0 aliphatic carbocycles. The number of aromatic nitrogens is 4. The molecule has 0 amide bonds. The fraction of sp³-hybridized carbons (Fsp3) is 0. The zero-order valence-corrected chi connectivity index (χ0v) is 35.0. The van der Waals surface area contributed by atoms with Gasteiger partial charge < -0.3 is 23.0 Å². The SMILES string of the molecule is c1ccc2c(c1)Oc1cc(-c3ccc(-n4c5ccc(-n6c7ccccc7c7ccccc76)cc5c5cc(-n6c7ccccc7c7ccccc76)ccc54)cc3)cc3c4ccccc4n-2c13. The van der Waals surface area contributed by atoms with E-state index in [0.29, 0.717) is 0 Å². The van der Waals surface area contributed by atoms with Crippen molar-refractivity contribution in [2.24, 2.45) is 0 Å². The molecule has 0 saturated heterocycles. The first-order chi connectivity index (χ1) is 32.2. The highest BCUT2D eigenvalue weighted by molar-refractivity contribution is 6.15. The molecule has 5 nitrogen and oxygen atoms in total. The van der Waals surface area contributed by atoms with Gasteiger partial charge in [0.25, 0.3) is 0 Å². The number of hydrogen-bond donors (Lipinski definition) is 0. The van der Waals surface area contributed by atoms with Crippen LogP contribution in [0.25, 0.3) is 121 Å². The van der Waals surface area contributed by atoms with Crippen molar-refractivity contribution in [2.45, 2.75) is 0 Å². The number of para-hydroxylation sites is 7. The Kier molecular flexibility index (Phi) is 6.89. The second-order valence-electron chi connectivity index (χ2n) is 17.3. The van der Waals surface area contributed by atoms with E-state index in [1.165, 1.54) is 70.7 Å². The van der Waals surface area contributed by atoms with Gasteiger partial charge in [-0.25, -0.2) is 0 Å². The van der Waals surface area contributed by atoms with Crippen LogP contribution in [-0.2, 0) is 0 Å². The molecule has 15 rings (SSSR count). The van der Waals surface area contributed by atoms with Gasteiger partial charge in [-0.05, 0) is 114 Å². The molecule has 5 heterocycles. The van der Waals surface area contributed by atoms with Crippen molar-refractivity contribution >= 4 is 87.2 Å². The van der Waals surface area contributed by atoms with Crippen LogP contribution in [-0.4, -0.2) is 18.3 Å². The van der Waals surface area contributed by atoms with Crippen LogP contribution in [0.2, 0.25) is 0 Å². The summed E-state index contributed by atoms with van der Waals surface area (Å²) in [5.41, 5.74) is 16.1. The molecule has 65 heavy (non-hydrogen) atoms. The summed E-state index contributed by atoms with van der Waals surface area (Å²) in [6.45, 7) is 0. The van der Waals surface area contributed by atoms with Crippen molar-refractivity contribution in [2.75, 3.05) is 0 Å². The zero-order chi connectivity index (χ0) is 42.3. The molecule has 0 atom stereocenters. The van der Waals surface area contributed by atoms with E-state index < -0.39 is 0 Å². The van der Waals surface area contributed by atoms with E-state index >= 15 is 0 Å². The fourth-order valence-corrected chi connectivity index (χ4v) is 11.2. The second-order valence-corrected chi connectivity index (χ2v) is 17.3. The summed E-state index contributed by atoms with van der Waals surface area (Å²) < 4.78 is 16.3. The highest BCUT2D eigenvalue weighted by Gasteiger charge is 2.25. The molecule has 0 N–H and O–H groups in total. The molecule has 1 aliphatic heterocycles. The Balaban J connectivity index is 0.938. The molecule has 0 radical (unpaired) electrons. The van der Waals surface area contributed by atoms with Crippen molar-refractivity contribution in [3.63, 3.8) is 0 Å². The normalized spacial score (nSPS) is 12.4. The second kappa shape index (κ2) is 12.9. The lowest BCUT2D eigenvalue weighted by Gasteiger charge is -2.21. The van der Waals surface area contributed by atoms with Crippen LogP contribution >= 0.6 is 0 Å². The van der Waals surface area contributed by atoms with Crippen molar-refractivity contribution in [3.05, 3.63) is 218 Å². The zero-order valence-electron chi connectivity index (χ0n) is 35.0. The molecular weight excluding hydrogens is 793 g/mol. The van der Waals surface area contributed by atoms with Crippen LogP contribution in [0.15, 0.2) is 218 Å². The van der Waals surface area contributed by atoms with E-state index in [1.54, 1.807) is 0 Å². The van der Waals surface area contributed by atoms with Gasteiger partial charge in [0.15, 0.2) is 11.5 Å². The average molecular weight is 829 g/mol. The lowest BCUT2D eigenvalue weighted by molar-refractivity contribution is 0.476. The van der Waals surface area contributed by atoms with Gasteiger partial charge in [-0.3, -0.25) is 0 Å². The maximum absolute atomic E-state index is 6.66. The standard InChI is InChI=1S/C60H36N4O/c1-6-18-50-42(13-1)43-14-2-7-19-51(43)62(50)40-29-31-55-47(35-40)48-36-41(63-52-20-8-3-15-44(52)45-16-4-9-21-53(45)63)30-32-56(48)61(55)39-27-25-37(26-28-39)38-33-49-46-17-5-10-22-54(46)64-57-23-11-12-24-58(57)65-59(34-38)60(49)64/h1-36H. The van der Waals surface area contributed by atoms with E-state index in [-0.39, 0.29) is 0 Å². The summed E-state index contributed by atoms with van der Waals surface area (Å²) in [6, 6.07) is 79.6. The summed E-state index contributed by atoms with van der Waals surface area (Å²) in [7, 11) is 0. The minimum absolute atomic E-state index is 0.865. The molecule has 0 bridgehead atoms. The summed E-state index contributed by atoms with van der Waals surface area (Å²) in [6.07, 6.45) is 0. The average Bonchev–Trinajstić information content (AvgIpc) is 4.09. The summed E-state index contributed by atoms with van der Waals surface area (Å²) >= 11 is 0. The molecular formula is C60H36N4O. The van der Waals surface area contributed by atoms with E-state index in [9.17, 15) is 0 Å². The Morgan fingerprint density at radius 1 is 0.246 bits per heavy atom. The van der Waals surface area contributed by atoms with Crippen LogP contribution in [0.1, 0.15) is 0 Å². The Labute approximate surface area is 372 Å². The molecule has 0 fully saturated rings. The third-order valence-corrected chi connectivity index (χ3v) is 13.9. The maximum Gasteiger partial charge on any atom is 0.152 e. The highest BCUT2D eigenvalue weighted by Crippen LogP contribution is 2.47. The molecule has 4 aromatic heterocycles. The van der Waals surface area contributed by atoms with Gasteiger partial charge in [0.05, 0.1) is 49.8 Å². The van der Waals surface area contributed by atoms with Gasteiger partial charge in [-0.15, -0.1) is 0 Å². The Hall–Kier alpha value is -8.80. The number of fused-ring (bicyclic) bond motifs is 14. The number of ether oxygens (including phenoxy) is 1. The molecule has 5 heteroatoms. The Morgan fingerprint density at radius 3 is 1.17 bits per heavy atom. The summed E-state index contributed by atoms with van der Waals surface area (Å²) in [4.78, 5) is 0. The molecule has 10 aromatic carbocycles. The van der Waals surface area contributed by atoms with Crippen LogP contribution in [0.5, 0.6) is 11.5 Å². The van der Waals surface area contributed by atoms with Gasteiger partial charge in [0.2, 0.25) is 0 Å². The number of nitrogens with zero attached hydrogens (tertiary/aromatic N) is 4. The van der Waals surface area contributed by atoms with E-state index in [4.69, 9.17) is 4.74 Å². The lowest BCUT2D eigenvalue weighted by atomic mass is 10.0. The summed E-state index contributed by atoms with van der Waals surface area (Å²) in [5.74, 6) is 1.74. The van der Waals surface area contributed by atoms with Crippen LogP contribution in [0, 0.1) is 0 Å². The highest BCUT2D eigenvalue weighted by atomic mass is 16.5. The van der Waals surface area contributed by atoms with Crippen molar-refractivity contribution in [3.8, 4) is 45.4 Å². The molecule has 302 valence electrons. The van der Waals surface area contributed by atoms with Gasteiger partial charge in [0.1, 0.15) is 0 Å². The quantitative estimate of drug-likeness (QED) is 0.174. The number of rotatable bonds is 4. The first-order valence-electron chi connectivity index (χ1n) is 22.3. The van der Waals surface area contributed by atoms with Gasteiger partial charge >= 0.3 is 0 Å². The Bertz CT molecular complexity index is 4050. The fourth-order valence-electron chi connectivity index (χ4n) is 11.2. The first-order valence-corrected chi connectivity index (χ1v) is 22.3. The number of benzene rings is 10. The maximum atomic E-state index is 6.66. The van der Waals surface area contributed by atoms with Crippen LogP contribution < -0.4 is 4.74 Å². The minimum atomic E-state index is 0.865. The van der Waals surface area contributed by atoms with E-state index in [1.807, 2.05) is 6.07 Å². The van der Waals surface area contributed by atoms with Gasteiger partial charge in [0, 0.05) is 60.2 Å². The number of hydrogen-bond acceptors (Lipinski definition) is 1. The third-order valence-electron chi connectivity index (χ3n) is 13.9. The predicted molar refractivity (Wildman–Crippen MR) is 269 cm³/mol. The molecule has 1 aliphatic rings. The first kappa shape index (κ1) is 34.7. The van der Waals surface area contributed by atoms with E-state index in [2.05, 4.69) is 231 Å². The van der Waals surface area contributed by atoms with Crippen LogP contribution in [0.4, 0.5) is 0 Å². The van der Waals surface area contributed by atoms with Gasteiger partial charge in [-0.2, -0.15) is 0 Å². The van der Waals surface area contributed by atoms with E-state index in [0.717, 1.165) is 61.9 Å². The smallest absolute Gasteiger partial charge is 0.152 e. The van der Waals surface area contributed by atoms with Crippen molar-refractivity contribution < 1.29 is 4.74 Å². The predicted octanol–water partition coefficient (Wildman–Crippen LogP) is 15.8. The van der Waals surface area contributed by atoms with Crippen molar-refractivity contribution in [1.29, 1.82) is 0 Å². The van der Waals surface area contributed by atoms with Crippen LogP contribution in [0.3, 0.4) is 0 Å². The molecule has 0 unspecified atom stereocenters.